The van der Waals surface area contributed by atoms with E-state index in [1.54, 1.807) is 6.92 Å². The van der Waals surface area contributed by atoms with E-state index in [2.05, 4.69) is 10.6 Å². The van der Waals surface area contributed by atoms with Gasteiger partial charge in [-0.2, -0.15) is 0 Å². The maximum absolute atomic E-state index is 11.6. The fourth-order valence-corrected chi connectivity index (χ4v) is 1.08. The Balaban J connectivity index is 4.08. The lowest BCUT2D eigenvalue weighted by Gasteiger charge is -2.19. The van der Waals surface area contributed by atoms with Crippen LogP contribution >= 0.6 is 0 Å². The van der Waals surface area contributed by atoms with Crippen LogP contribution in [0.4, 0.5) is 0 Å². The number of hydrogen-bond donors (Lipinski definition) is 3. The van der Waals surface area contributed by atoms with Crippen LogP contribution in [-0.4, -0.2) is 30.4 Å². The summed E-state index contributed by atoms with van der Waals surface area (Å²) in [6.45, 7) is 7.97. The Morgan fingerprint density at radius 1 is 1.19 bits per heavy atom. The molecule has 0 rings (SSSR count). The monoisotopic (exact) mass is 229 g/mol. The van der Waals surface area contributed by atoms with Gasteiger partial charge in [0.2, 0.25) is 11.8 Å². The molecule has 0 aliphatic heterocycles. The topological polar surface area (TPSA) is 84.2 Å². The number of hydrogen-bond acceptors (Lipinski definition) is 3. The Hall–Kier alpha value is -1.10. The minimum absolute atomic E-state index is 0.0610. The van der Waals surface area contributed by atoms with Crippen LogP contribution < -0.4 is 16.4 Å². The second kappa shape index (κ2) is 7.22. The van der Waals surface area contributed by atoms with Crippen molar-refractivity contribution in [3.63, 3.8) is 0 Å². The lowest BCUT2D eigenvalue weighted by Crippen LogP contribution is -2.51. The summed E-state index contributed by atoms with van der Waals surface area (Å²) in [7, 11) is 0. The first kappa shape index (κ1) is 14.9. The predicted molar refractivity (Wildman–Crippen MR) is 63.7 cm³/mol. The molecular weight excluding hydrogens is 206 g/mol. The SMILES string of the molecule is CCCNC(=O)[C@H](C)NC(=O)[C@@H](N)C(C)C. The van der Waals surface area contributed by atoms with Gasteiger partial charge < -0.3 is 16.4 Å². The first-order valence-corrected chi connectivity index (χ1v) is 5.73. The molecule has 0 aliphatic rings. The average molecular weight is 229 g/mol. The number of amides is 2. The van der Waals surface area contributed by atoms with E-state index in [1.165, 1.54) is 0 Å². The van der Waals surface area contributed by atoms with Crippen molar-refractivity contribution < 1.29 is 9.59 Å². The zero-order valence-electron chi connectivity index (χ0n) is 10.5. The molecule has 5 nitrogen and oxygen atoms in total. The minimum Gasteiger partial charge on any atom is -0.354 e. The summed E-state index contributed by atoms with van der Waals surface area (Å²) in [4.78, 5) is 23.0. The van der Waals surface area contributed by atoms with E-state index in [0.29, 0.717) is 6.54 Å². The Labute approximate surface area is 97.2 Å². The van der Waals surface area contributed by atoms with Crippen LogP contribution in [0.5, 0.6) is 0 Å². The molecule has 5 heteroatoms. The van der Waals surface area contributed by atoms with E-state index in [9.17, 15) is 9.59 Å². The molecule has 0 fully saturated rings. The fourth-order valence-electron chi connectivity index (χ4n) is 1.08. The minimum atomic E-state index is -0.568. The summed E-state index contributed by atoms with van der Waals surface area (Å²) >= 11 is 0. The van der Waals surface area contributed by atoms with E-state index in [0.717, 1.165) is 6.42 Å². The van der Waals surface area contributed by atoms with Gasteiger partial charge in [0.15, 0.2) is 0 Å². The van der Waals surface area contributed by atoms with Gasteiger partial charge in [0.25, 0.3) is 0 Å². The van der Waals surface area contributed by atoms with Gasteiger partial charge in [0, 0.05) is 6.54 Å². The van der Waals surface area contributed by atoms with Crippen molar-refractivity contribution in [3.8, 4) is 0 Å². The molecule has 0 saturated heterocycles. The van der Waals surface area contributed by atoms with Crippen LogP contribution in [0.15, 0.2) is 0 Å². The van der Waals surface area contributed by atoms with Crippen molar-refractivity contribution >= 4 is 11.8 Å². The smallest absolute Gasteiger partial charge is 0.242 e. The molecule has 0 bridgehead atoms. The molecule has 0 aromatic carbocycles. The average Bonchev–Trinajstić information content (AvgIpc) is 2.24. The molecule has 0 unspecified atom stereocenters. The van der Waals surface area contributed by atoms with E-state index in [-0.39, 0.29) is 17.7 Å². The van der Waals surface area contributed by atoms with E-state index >= 15 is 0 Å². The number of carbonyl (C=O) groups is 2. The summed E-state index contributed by atoms with van der Waals surface area (Å²) in [6.07, 6.45) is 0.873. The molecule has 2 amide bonds. The van der Waals surface area contributed by atoms with Crippen molar-refractivity contribution in [1.82, 2.24) is 10.6 Å². The highest BCUT2D eigenvalue weighted by atomic mass is 16.2. The standard InChI is InChI=1S/C11H23N3O2/c1-5-6-13-10(15)8(4)14-11(16)9(12)7(2)3/h7-9H,5-6,12H2,1-4H3,(H,13,15)(H,14,16)/t8-,9-/m0/s1. The van der Waals surface area contributed by atoms with E-state index in [1.807, 2.05) is 20.8 Å². The Morgan fingerprint density at radius 3 is 2.19 bits per heavy atom. The lowest BCUT2D eigenvalue weighted by atomic mass is 10.0. The second-order valence-electron chi connectivity index (χ2n) is 4.29. The van der Waals surface area contributed by atoms with Gasteiger partial charge in [0.1, 0.15) is 6.04 Å². The molecule has 0 spiro atoms. The molecule has 0 saturated carbocycles. The molecule has 0 aromatic heterocycles. The maximum atomic E-state index is 11.6. The molecule has 0 aliphatic carbocycles. The normalized spacial score (nSPS) is 14.4. The molecule has 2 atom stereocenters. The van der Waals surface area contributed by atoms with Gasteiger partial charge in [-0.1, -0.05) is 20.8 Å². The van der Waals surface area contributed by atoms with E-state index < -0.39 is 12.1 Å². The fraction of sp³-hybridized carbons (Fsp3) is 0.818. The molecule has 16 heavy (non-hydrogen) atoms. The third-order valence-electron chi connectivity index (χ3n) is 2.32. The second-order valence-corrected chi connectivity index (χ2v) is 4.29. The third-order valence-corrected chi connectivity index (χ3v) is 2.32. The first-order chi connectivity index (χ1) is 7.40. The first-order valence-electron chi connectivity index (χ1n) is 5.73. The third kappa shape index (κ3) is 5.11. The summed E-state index contributed by atoms with van der Waals surface area (Å²) in [5.74, 6) is -0.397. The molecule has 4 N–H and O–H groups in total. The van der Waals surface area contributed by atoms with Gasteiger partial charge in [-0.15, -0.1) is 0 Å². The number of nitrogens with one attached hydrogen (secondary N) is 2. The summed E-state index contributed by atoms with van der Waals surface area (Å²) in [5.41, 5.74) is 5.66. The van der Waals surface area contributed by atoms with Crippen LogP contribution in [-0.2, 0) is 9.59 Å². The predicted octanol–water partition coefficient (Wildman–Crippen LogP) is 0.000600. The number of carbonyl (C=O) groups excluding carboxylic acids is 2. The van der Waals surface area contributed by atoms with Gasteiger partial charge in [0.05, 0.1) is 6.04 Å². The largest absolute Gasteiger partial charge is 0.354 e. The van der Waals surface area contributed by atoms with Crippen LogP contribution in [0.25, 0.3) is 0 Å². The Bertz CT molecular complexity index is 241. The molecule has 94 valence electrons. The van der Waals surface area contributed by atoms with Gasteiger partial charge in [-0.25, -0.2) is 0 Å². The van der Waals surface area contributed by atoms with Crippen molar-refractivity contribution in [2.24, 2.45) is 11.7 Å². The summed E-state index contributed by atoms with van der Waals surface area (Å²) in [6, 6.07) is -1.11. The van der Waals surface area contributed by atoms with Gasteiger partial charge in [-0.3, -0.25) is 9.59 Å². The summed E-state index contributed by atoms with van der Waals surface area (Å²) in [5, 5.41) is 5.30. The highest BCUT2D eigenvalue weighted by Crippen LogP contribution is 1.98. The van der Waals surface area contributed by atoms with Crippen LogP contribution in [0, 0.1) is 5.92 Å². The lowest BCUT2D eigenvalue weighted by molar-refractivity contribution is -0.129. The zero-order valence-corrected chi connectivity index (χ0v) is 10.5. The Kier molecular flexibility index (Phi) is 6.72. The molecule has 0 aromatic rings. The molecular formula is C11H23N3O2. The molecule has 0 heterocycles. The number of rotatable bonds is 6. The van der Waals surface area contributed by atoms with Crippen molar-refractivity contribution in [2.45, 2.75) is 46.2 Å². The van der Waals surface area contributed by atoms with E-state index in [4.69, 9.17) is 5.73 Å². The quantitative estimate of drug-likeness (QED) is 0.599. The Morgan fingerprint density at radius 2 is 1.75 bits per heavy atom. The number of nitrogens with two attached hydrogens (primary N) is 1. The van der Waals surface area contributed by atoms with Crippen molar-refractivity contribution in [1.29, 1.82) is 0 Å². The van der Waals surface area contributed by atoms with Crippen molar-refractivity contribution in [2.75, 3.05) is 6.54 Å². The summed E-state index contributed by atoms with van der Waals surface area (Å²) < 4.78 is 0. The highest BCUT2D eigenvalue weighted by Gasteiger charge is 2.21. The van der Waals surface area contributed by atoms with Crippen LogP contribution in [0.3, 0.4) is 0 Å². The maximum Gasteiger partial charge on any atom is 0.242 e. The van der Waals surface area contributed by atoms with Gasteiger partial charge in [-0.05, 0) is 19.3 Å². The highest BCUT2D eigenvalue weighted by molar-refractivity contribution is 5.89. The zero-order chi connectivity index (χ0) is 12.7. The van der Waals surface area contributed by atoms with Crippen molar-refractivity contribution in [3.05, 3.63) is 0 Å². The molecule has 0 radical (unpaired) electrons. The van der Waals surface area contributed by atoms with Gasteiger partial charge >= 0.3 is 0 Å². The van der Waals surface area contributed by atoms with Crippen LogP contribution in [0.2, 0.25) is 0 Å². The van der Waals surface area contributed by atoms with Crippen LogP contribution in [0.1, 0.15) is 34.1 Å².